The van der Waals surface area contributed by atoms with Gasteiger partial charge < -0.3 is 14.4 Å². The number of rotatable bonds is 6. The molecule has 0 spiro atoms. The van der Waals surface area contributed by atoms with E-state index in [4.69, 9.17) is 9.47 Å². The molecule has 4 aromatic rings. The SMILES string of the molecule is COc1ccc(C2/C=C\CN(C(=O)OCC3c4ccccc4-c4ccccc43)CC(=O)N2Cc2cccc(F)c2)cc1. The van der Waals surface area contributed by atoms with Crippen molar-refractivity contribution in [3.8, 4) is 16.9 Å². The fourth-order valence-corrected chi connectivity index (χ4v) is 5.83. The monoisotopic (exact) mass is 562 g/mol. The van der Waals surface area contributed by atoms with Gasteiger partial charge in [0.05, 0.1) is 13.2 Å². The Hall–Kier alpha value is -4.91. The lowest BCUT2D eigenvalue weighted by atomic mass is 9.98. The molecule has 1 unspecified atom stereocenters. The van der Waals surface area contributed by atoms with E-state index in [2.05, 4.69) is 24.3 Å². The smallest absolute Gasteiger partial charge is 0.410 e. The number of halogens is 1. The van der Waals surface area contributed by atoms with Crippen LogP contribution >= 0.6 is 0 Å². The highest BCUT2D eigenvalue weighted by molar-refractivity contribution is 5.84. The number of amides is 2. The Balaban J connectivity index is 1.22. The first-order chi connectivity index (χ1) is 20.5. The summed E-state index contributed by atoms with van der Waals surface area (Å²) in [4.78, 5) is 30.2. The Labute approximate surface area is 244 Å². The number of fused-ring (bicyclic) bond motifs is 3. The predicted molar refractivity (Wildman–Crippen MR) is 158 cm³/mol. The number of hydrogen-bond donors (Lipinski definition) is 0. The summed E-state index contributed by atoms with van der Waals surface area (Å²) in [5, 5.41) is 0. The lowest BCUT2D eigenvalue weighted by Gasteiger charge is -2.34. The molecule has 0 fully saturated rings. The molecule has 0 bridgehead atoms. The van der Waals surface area contributed by atoms with Gasteiger partial charge in [0.1, 0.15) is 24.7 Å². The maximum absolute atomic E-state index is 14.0. The predicted octanol–water partition coefficient (Wildman–Crippen LogP) is 6.73. The first-order valence-electron chi connectivity index (χ1n) is 14.0. The lowest BCUT2D eigenvalue weighted by molar-refractivity contribution is -0.134. The van der Waals surface area contributed by atoms with Crippen LogP contribution in [-0.4, -0.2) is 48.6 Å². The normalized spacial score (nSPS) is 17.2. The summed E-state index contributed by atoms with van der Waals surface area (Å²) in [7, 11) is 1.60. The number of ether oxygens (including phenoxy) is 2. The van der Waals surface area contributed by atoms with Crippen LogP contribution in [0.2, 0.25) is 0 Å². The molecule has 1 atom stereocenters. The molecular weight excluding hydrogens is 531 g/mol. The van der Waals surface area contributed by atoms with Crippen LogP contribution in [0.1, 0.15) is 34.2 Å². The molecular formula is C35H31FN2O4. The van der Waals surface area contributed by atoms with E-state index in [0.717, 1.165) is 27.8 Å². The molecule has 2 aliphatic rings. The lowest BCUT2D eigenvalue weighted by Crippen LogP contribution is -2.45. The fraction of sp³-hybridized carbons (Fsp3) is 0.200. The van der Waals surface area contributed by atoms with Crippen LogP contribution in [0.4, 0.5) is 9.18 Å². The maximum atomic E-state index is 14.0. The number of hydrogen-bond acceptors (Lipinski definition) is 4. The van der Waals surface area contributed by atoms with E-state index in [1.54, 1.807) is 24.1 Å². The van der Waals surface area contributed by atoms with Gasteiger partial charge in [-0.3, -0.25) is 9.69 Å². The number of methoxy groups -OCH3 is 1. The van der Waals surface area contributed by atoms with Crippen molar-refractivity contribution in [1.82, 2.24) is 9.80 Å². The van der Waals surface area contributed by atoms with Gasteiger partial charge in [0.2, 0.25) is 5.91 Å². The highest BCUT2D eigenvalue weighted by atomic mass is 19.1. The van der Waals surface area contributed by atoms with Crippen LogP contribution in [0.5, 0.6) is 5.75 Å². The minimum atomic E-state index is -0.552. The van der Waals surface area contributed by atoms with E-state index in [9.17, 15) is 14.0 Å². The highest BCUT2D eigenvalue weighted by Crippen LogP contribution is 2.44. The molecule has 1 heterocycles. The number of nitrogens with zero attached hydrogens (tertiary/aromatic N) is 2. The number of benzene rings is 4. The molecule has 7 heteroatoms. The molecule has 212 valence electrons. The van der Waals surface area contributed by atoms with Crippen LogP contribution in [0, 0.1) is 5.82 Å². The molecule has 4 aromatic carbocycles. The standard InChI is InChI=1S/C35H31FN2O4/c1-41-27-17-15-25(16-18-27)33-14-7-19-37(22-34(39)38(33)21-24-8-6-9-26(36)20-24)35(40)42-23-32-30-12-4-2-10-28(30)29-11-3-5-13-31(29)32/h2-18,20,32-33H,19,21-23H2,1H3/b14-7-. The summed E-state index contributed by atoms with van der Waals surface area (Å²) in [5.41, 5.74) is 6.08. The second kappa shape index (κ2) is 11.9. The molecule has 1 aliphatic heterocycles. The summed E-state index contributed by atoms with van der Waals surface area (Å²) >= 11 is 0. The van der Waals surface area contributed by atoms with E-state index in [0.29, 0.717) is 11.3 Å². The second-order valence-electron chi connectivity index (χ2n) is 10.5. The minimum absolute atomic E-state index is 0.0775. The topological polar surface area (TPSA) is 59.1 Å². The Kier molecular flexibility index (Phi) is 7.73. The Morgan fingerprint density at radius 3 is 2.26 bits per heavy atom. The first-order valence-corrected chi connectivity index (χ1v) is 14.0. The van der Waals surface area contributed by atoms with Crippen LogP contribution in [0.3, 0.4) is 0 Å². The molecule has 42 heavy (non-hydrogen) atoms. The van der Waals surface area contributed by atoms with Crippen molar-refractivity contribution in [3.05, 3.63) is 137 Å². The van der Waals surface area contributed by atoms with Gasteiger partial charge in [-0.05, 0) is 57.6 Å². The zero-order valence-corrected chi connectivity index (χ0v) is 23.3. The fourth-order valence-electron chi connectivity index (χ4n) is 5.83. The van der Waals surface area contributed by atoms with Crippen LogP contribution in [-0.2, 0) is 16.1 Å². The summed E-state index contributed by atoms with van der Waals surface area (Å²) in [6.45, 7) is 0.408. The van der Waals surface area contributed by atoms with Gasteiger partial charge in [-0.2, -0.15) is 0 Å². The van der Waals surface area contributed by atoms with E-state index in [1.165, 1.54) is 17.0 Å². The second-order valence-corrected chi connectivity index (χ2v) is 10.5. The van der Waals surface area contributed by atoms with Gasteiger partial charge in [-0.15, -0.1) is 0 Å². The van der Waals surface area contributed by atoms with Crippen molar-refractivity contribution >= 4 is 12.0 Å². The van der Waals surface area contributed by atoms with Crippen molar-refractivity contribution in [2.75, 3.05) is 26.8 Å². The molecule has 0 aromatic heterocycles. The third kappa shape index (κ3) is 5.50. The van der Waals surface area contributed by atoms with Crippen molar-refractivity contribution in [2.24, 2.45) is 0 Å². The van der Waals surface area contributed by atoms with Gasteiger partial charge in [0.15, 0.2) is 0 Å². The van der Waals surface area contributed by atoms with Crippen molar-refractivity contribution in [2.45, 2.75) is 18.5 Å². The van der Waals surface area contributed by atoms with Gasteiger partial charge in [0.25, 0.3) is 0 Å². The van der Waals surface area contributed by atoms with E-state index in [-0.39, 0.29) is 43.9 Å². The molecule has 0 saturated carbocycles. The summed E-state index contributed by atoms with van der Waals surface area (Å²) in [6.07, 6.45) is 3.23. The summed E-state index contributed by atoms with van der Waals surface area (Å²) in [5.74, 6) is -0.00831. The number of carbonyl (C=O) groups is 2. The average molecular weight is 563 g/mol. The Morgan fingerprint density at radius 1 is 0.905 bits per heavy atom. The molecule has 0 N–H and O–H groups in total. The third-order valence-corrected chi connectivity index (χ3v) is 7.92. The van der Waals surface area contributed by atoms with Gasteiger partial charge in [0, 0.05) is 19.0 Å². The van der Waals surface area contributed by atoms with E-state index in [1.807, 2.05) is 60.7 Å². The van der Waals surface area contributed by atoms with Crippen LogP contribution in [0.25, 0.3) is 11.1 Å². The van der Waals surface area contributed by atoms with E-state index < -0.39 is 12.1 Å². The van der Waals surface area contributed by atoms with Crippen LogP contribution < -0.4 is 4.74 Å². The molecule has 2 amide bonds. The van der Waals surface area contributed by atoms with Crippen molar-refractivity contribution in [3.63, 3.8) is 0 Å². The quantitative estimate of drug-likeness (QED) is 0.245. The van der Waals surface area contributed by atoms with Crippen molar-refractivity contribution in [1.29, 1.82) is 0 Å². The summed E-state index contributed by atoms with van der Waals surface area (Å²) in [6, 6.07) is 29.6. The average Bonchev–Trinajstić information content (AvgIpc) is 3.33. The zero-order chi connectivity index (χ0) is 29.1. The highest BCUT2D eigenvalue weighted by Gasteiger charge is 2.32. The molecule has 6 rings (SSSR count). The zero-order valence-electron chi connectivity index (χ0n) is 23.3. The molecule has 0 saturated heterocycles. The maximum Gasteiger partial charge on any atom is 0.410 e. The largest absolute Gasteiger partial charge is 0.497 e. The minimum Gasteiger partial charge on any atom is -0.497 e. The first kappa shape index (κ1) is 27.3. The Bertz CT molecular complexity index is 1590. The van der Waals surface area contributed by atoms with Gasteiger partial charge in [-0.25, -0.2) is 9.18 Å². The summed E-state index contributed by atoms with van der Waals surface area (Å²) < 4.78 is 25.2. The van der Waals surface area contributed by atoms with Crippen LogP contribution in [0.15, 0.2) is 109 Å². The number of carbonyl (C=O) groups excluding carboxylic acids is 2. The molecule has 1 aliphatic carbocycles. The van der Waals surface area contributed by atoms with Gasteiger partial charge >= 0.3 is 6.09 Å². The molecule has 0 radical (unpaired) electrons. The third-order valence-electron chi connectivity index (χ3n) is 7.92. The Morgan fingerprint density at radius 2 is 1.60 bits per heavy atom. The molecule has 6 nitrogen and oxygen atoms in total. The van der Waals surface area contributed by atoms with Gasteiger partial charge in [-0.1, -0.05) is 84.9 Å². The van der Waals surface area contributed by atoms with E-state index >= 15 is 0 Å². The van der Waals surface area contributed by atoms with Crippen molar-refractivity contribution < 1.29 is 23.5 Å².